The van der Waals surface area contributed by atoms with E-state index in [0.717, 1.165) is 43.5 Å². The number of hydrogen-bond acceptors (Lipinski definition) is 4. The molecule has 0 radical (unpaired) electrons. The van der Waals surface area contributed by atoms with Crippen molar-refractivity contribution in [3.8, 4) is 0 Å². The van der Waals surface area contributed by atoms with Crippen LogP contribution in [0.25, 0.3) is 0 Å². The molecule has 1 aliphatic rings. The Balaban J connectivity index is 1.71. The topological polar surface area (TPSA) is 52.8 Å². The van der Waals surface area contributed by atoms with Crippen LogP contribution in [0.15, 0.2) is 48.5 Å². The molecular weight excluding hydrogens is 348 g/mol. The van der Waals surface area contributed by atoms with Crippen molar-refractivity contribution >= 4 is 23.0 Å². The highest BCUT2D eigenvalue weighted by Gasteiger charge is 2.22. The molecule has 0 unspecified atom stereocenters. The van der Waals surface area contributed by atoms with Crippen molar-refractivity contribution in [3.63, 3.8) is 0 Å². The fourth-order valence-corrected chi connectivity index (χ4v) is 3.60. The van der Waals surface area contributed by atoms with Crippen molar-refractivity contribution in [1.82, 2.24) is 4.90 Å². The quantitative estimate of drug-likeness (QED) is 0.776. The monoisotopic (exact) mass is 380 g/mol. The molecule has 3 rings (SSSR count). The minimum atomic E-state index is -0.0250. The van der Waals surface area contributed by atoms with Gasteiger partial charge in [0.25, 0.3) is 5.91 Å². The highest BCUT2D eigenvalue weighted by Crippen LogP contribution is 2.30. The summed E-state index contributed by atoms with van der Waals surface area (Å²) in [6.07, 6.45) is 1.25. The maximum Gasteiger partial charge on any atom is 0.258 e. The van der Waals surface area contributed by atoms with E-state index in [0.29, 0.717) is 11.3 Å². The molecule has 0 aromatic heterocycles. The lowest BCUT2D eigenvalue weighted by Gasteiger charge is -2.38. The molecule has 0 spiro atoms. The number of para-hydroxylation sites is 2. The summed E-state index contributed by atoms with van der Waals surface area (Å²) in [5, 5.41) is 0. The number of nitrogens with zero attached hydrogens (tertiary/aromatic N) is 3. The Kier molecular flexibility index (Phi) is 6.57. The normalized spacial score (nSPS) is 15.1. The van der Waals surface area contributed by atoms with Crippen LogP contribution >= 0.6 is 0 Å². The third-order valence-corrected chi connectivity index (χ3v) is 5.44. The summed E-state index contributed by atoms with van der Waals surface area (Å²) in [6, 6.07) is 15.3. The standard InChI is InChI=1S/C23H32N4O/c1-18(2)12-13-26-14-16-27(17-15-26)22-7-5-4-6-21(22)25(3)23(28)19-8-10-20(24)11-9-19/h4-11,18H,12-17,24H2,1-3H3. The van der Waals surface area contributed by atoms with Crippen molar-refractivity contribution in [2.24, 2.45) is 5.92 Å². The van der Waals surface area contributed by atoms with Crippen LogP contribution in [0.4, 0.5) is 17.1 Å². The lowest BCUT2D eigenvalue weighted by Crippen LogP contribution is -2.47. The lowest BCUT2D eigenvalue weighted by atomic mass is 10.1. The number of nitrogen functional groups attached to an aromatic ring is 1. The van der Waals surface area contributed by atoms with Crippen LogP contribution in [0.5, 0.6) is 0 Å². The maximum absolute atomic E-state index is 13.0. The zero-order valence-electron chi connectivity index (χ0n) is 17.3. The van der Waals surface area contributed by atoms with Crippen LogP contribution < -0.4 is 15.5 Å². The van der Waals surface area contributed by atoms with Crippen LogP contribution in [0.1, 0.15) is 30.6 Å². The zero-order valence-corrected chi connectivity index (χ0v) is 17.3. The number of hydrogen-bond donors (Lipinski definition) is 1. The molecular formula is C23H32N4O. The Morgan fingerprint density at radius 1 is 1.04 bits per heavy atom. The Morgan fingerprint density at radius 3 is 2.32 bits per heavy atom. The summed E-state index contributed by atoms with van der Waals surface area (Å²) in [4.78, 5) is 19.6. The molecule has 0 atom stereocenters. The Morgan fingerprint density at radius 2 is 1.68 bits per heavy atom. The molecule has 1 aliphatic heterocycles. The van der Waals surface area contributed by atoms with Gasteiger partial charge in [0.2, 0.25) is 0 Å². The van der Waals surface area contributed by atoms with Crippen LogP contribution in [0.2, 0.25) is 0 Å². The molecule has 1 fully saturated rings. The number of amides is 1. The number of anilines is 3. The van der Waals surface area contributed by atoms with Crippen LogP contribution in [0, 0.1) is 5.92 Å². The van der Waals surface area contributed by atoms with Gasteiger partial charge < -0.3 is 15.5 Å². The Labute approximate surface area is 168 Å². The molecule has 28 heavy (non-hydrogen) atoms. The second-order valence-corrected chi connectivity index (χ2v) is 7.99. The minimum absolute atomic E-state index is 0.0250. The molecule has 0 bridgehead atoms. The van der Waals surface area contributed by atoms with Gasteiger partial charge in [-0.3, -0.25) is 9.69 Å². The van der Waals surface area contributed by atoms with Gasteiger partial charge in [-0.1, -0.05) is 26.0 Å². The molecule has 2 N–H and O–H groups in total. The largest absolute Gasteiger partial charge is 0.399 e. The highest BCUT2D eigenvalue weighted by atomic mass is 16.2. The first-order valence-corrected chi connectivity index (χ1v) is 10.2. The van der Waals surface area contributed by atoms with E-state index in [9.17, 15) is 4.79 Å². The number of rotatable bonds is 6. The van der Waals surface area contributed by atoms with E-state index in [1.165, 1.54) is 13.0 Å². The van der Waals surface area contributed by atoms with Gasteiger partial charge in [-0.2, -0.15) is 0 Å². The van der Waals surface area contributed by atoms with Crippen LogP contribution in [-0.4, -0.2) is 50.6 Å². The van der Waals surface area contributed by atoms with Crippen molar-refractivity contribution < 1.29 is 4.79 Å². The summed E-state index contributed by atoms with van der Waals surface area (Å²) in [5.41, 5.74) is 9.12. The second kappa shape index (κ2) is 9.11. The van der Waals surface area contributed by atoms with Crippen LogP contribution in [0.3, 0.4) is 0 Å². The van der Waals surface area contributed by atoms with Crippen molar-refractivity contribution in [2.45, 2.75) is 20.3 Å². The lowest BCUT2D eigenvalue weighted by molar-refractivity contribution is 0.0993. The minimum Gasteiger partial charge on any atom is -0.399 e. The van der Waals surface area contributed by atoms with Gasteiger partial charge in [0.15, 0.2) is 0 Å². The number of carbonyl (C=O) groups excluding carboxylic acids is 1. The predicted molar refractivity (Wildman–Crippen MR) is 118 cm³/mol. The summed E-state index contributed by atoms with van der Waals surface area (Å²) in [5.74, 6) is 0.717. The van der Waals surface area contributed by atoms with E-state index in [1.54, 1.807) is 29.2 Å². The molecule has 1 amide bonds. The summed E-state index contributed by atoms with van der Waals surface area (Å²) in [6.45, 7) is 9.83. The molecule has 2 aromatic carbocycles. The zero-order chi connectivity index (χ0) is 20.1. The molecule has 150 valence electrons. The average Bonchev–Trinajstić information content (AvgIpc) is 2.72. The molecule has 2 aromatic rings. The maximum atomic E-state index is 13.0. The fourth-order valence-electron chi connectivity index (χ4n) is 3.60. The Bertz CT molecular complexity index is 779. The number of piperazine rings is 1. The van der Waals surface area contributed by atoms with Gasteiger partial charge >= 0.3 is 0 Å². The fraction of sp³-hybridized carbons (Fsp3) is 0.435. The summed E-state index contributed by atoms with van der Waals surface area (Å²) < 4.78 is 0. The number of benzene rings is 2. The first kappa shape index (κ1) is 20.2. The second-order valence-electron chi connectivity index (χ2n) is 7.99. The van der Waals surface area contributed by atoms with Gasteiger partial charge in [-0.15, -0.1) is 0 Å². The van der Waals surface area contributed by atoms with Crippen molar-refractivity contribution in [1.29, 1.82) is 0 Å². The molecule has 5 nitrogen and oxygen atoms in total. The van der Waals surface area contributed by atoms with Crippen LogP contribution in [-0.2, 0) is 0 Å². The first-order chi connectivity index (χ1) is 13.5. The highest BCUT2D eigenvalue weighted by molar-refractivity contribution is 6.07. The Hall–Kier alpha value is -2.53. The first-order valence-electron chi connectivity index (χ1n) is 10.2. The van der Waals surface area contributed by atoms with Gasteiger partial charge in [0.05, 0.1) is 11.4 Å². The van der Waals surface area contributed by atoms with Gasteiger partial charge in [-0.05, 0) is 55.3 Å². The number of carbonyl (C=O) groups is 1. The molecule has 5 heteroatoms. The summed E-state index contributed by atoms with van der Waals surface area (Å²) in [7, 11) is 1.84. The molecule has 1 heterocycles. The average molecular weight is 381 g/mol. The van der Waals surface area contributed by atoms with E-state index in [-0.39, 0.29) is 5.91 Å². The molecule has 1 saturated heterocycles. The third-order valence-electron chi connectivity index (χ3n) is 5.44. The van der Waals surface area contributed by atoms with Gasteiger partial charge in [0.1, 0.15) is 0 Å². The number of nitrogens with two attached hydrogens (primary N) is 1. The SMILES string of the molecule is CC(C)CCN1CCN(c2ccccc2N(C)C(=O)c2ccc(N)cc2)CC1. The predicted octanol–water partition coefficient (Wildman–Crippen LogP) is 3.71. The molecule has 0 saturated carbocycles. The van der Waals surface area contributed by atoms with E-state index >= 15 is 0 Å². The van der Waals surface area contributed by atoms with E-state index in [1.807, 2.05) is 25.2 Å². The van der Waals surface area contributed by atoms with E-state index < -0.39 is 0 Å². The third kappa shape index (κ3) is 4.84. The van der Waals surface area contributed by atoms with E-state index in [2.05, 4.69) is 29.7 Å². The van der Waals surface area contributed by atoms with E-state index in [4.69, 9.17) is 5.73 Å². The van der Waals surface area contributed by atoms with Gasteiger partial charge in [0, 0.05) is 44.5 Å². The smallest absolute Gasteiger partial charge is 0.258 e. The van der Waals surface area contributed by atoms with Crippen molar-refractivity contribution in [2.75, 3.05) is 55.3 Å². The summed E-state index contributed by atoms with van der Waals surface area (Å²) >= 11 is 0. The van der Waals surface area contributed by atoms with Crippen molar-refractivity contribution in [3.05, 3.63) is 54.1 Å². The van der Waals surface area contributed by atoms with Gasteiger partial charge in [-0.25, -0.2) is 0 Å². The molecule has 0 aliphatic carbocycles.